The molecule has 0 aliphatic carbocycles. The van der Waals surface area contributed by atoms with E-state index in [0.717, 1.165) is 11.3 Å². The summed E-state index contributed by atoms with van der Waals surface area (Å²) in [5.74, 6) is 0. The van der Waals surface area contributed by atoms with Crippen molar-refractivity contribution in [2.75, 3.05) is 4.90 Å². The molecule has 2 rings (SSSR count). The molecule has 0 N–H and O–H groups in total. The molecule has 1 saturated heterocycles. The molecule has 3 atom stereocenters. The molecule has 1 aliphatic rings. The van der Waals surface area contributed by atoms with Crippen molar-refractivity contribution in [1.29, 1.82) is 0 Å². The lowest BCUT2D eigenvalue weighted by Crippen LogP contribution is -2.49. The second kappa shape index (κ2) is 5.58. The summed E-state index contributed by atoms with van der Waals surface area (Å²) in [4.78, 5) is 14.1. The standard InChI is InChI=1S/C16H24NO3P/c1-9-7-8-13(11(3)10(9)2)17-14(12(4)20-21)16(5,6)19-15(17)18/h7-8,12,14H,21H2,1-6H3/t12?,14-/m0/s1. The lowest BCUT2D eigenvalue weighted by molar-refractivity contribution is 0.0427. The first-order valence-corrected chi connectivity index (χ1v) is 7.62. The number of ether oxygens (including phenoxy) is 1. The third-order valence-corrected chi connectivity index (χ3v) is 4.92. The van der Waals surface area contributed by atoms with Crippen molar-refractivity contribution >= 4 is 21.2 Å². The zero-order valence-electron chi connectivity index (χ0n) is 13.6. The SMILES string of the molecule is Cc1ccc(N2C(=O)OC(C)(C)[C@@H]2C(C)OP)c(C)c1C. The van der Waals surface area contributed by atoms with Crippen molar-refractivity contribution in [3.8, 4) is 0 Å². The third kappa shape index (κ3) is 2.67. The van der Waals surface area contributed by atoms with E-state index < -0.39 is 5.60 Å². The van der Waals surface area contributed by atoms with E-state index in [1.807, 2.05) is 39.8 Å². The molecule has 1 amide bonds. The number of cyclic esters (lactones) is 1. The molecule has 0 saturated carbocycles. The van der Waals surface area contributed by atoms with E-state index in [2.05, 4.69) is 23.3 Å². The number of anilines is 1. The average molecular weight is 309 g/mol. The first kappa shape index (κ1) is 16.3. The van der Waals surface area contributed by atoms with Gasteiger partial charge in [0.25, 0.3) is 0 Å². The number of hydrogen-bond acceptors (Lipinski definition) is 3. The van der Waals surface area contributed by atoms with Gasteiger partial charge in [-0.05, 0) is 64.3 Å². The molecule has 116 valence electrons. The molecule has 2 unspecified atom stereocenters. The van der Waals surface area contributed by atoms with Gasteiger partial charge in [0.1, 0.15) is 11.6 Å². The molecule has 4 nitrogen and oxygen atoms in total. The molecule has 1 aliphatic heterocycles. The first-order chi connectivity index (χ1) is 9.70. The second-order valence-corrected chi connectivity index (χ2v) is 6.55. The van der Waals surface area contributed by atoms with Crippen LogP contribution in [0.4, 0.5) is 10.5 Å². The number of rotatable bonds is 3. The maximum Gasteiger partial charge on any atom is 0.415 e. The minimum absolute atomic E-state index is 0.155. The van der Waals surface area contributed by atoms with E-state index in [-0.39, 0.29) is 18.2 Å². The Morgan fingerprint density at radius 2 is 1.90 bits per heavy atom. The summed E-state index contributed by atoms with van der Waals surface area (Å²) in [7, 11) is 2.28. The summed E-state index contributed by atoms with van der Waals surface area (Å²) in [5, 5.41) is 0. The van der Waals surface area contributed by atoms with Crippen molar-refractivity contribution in [3.63, 3.8) is 0 Å². The smallest absolute Gasteiger partial charge is 0.415 e. The van der Waals surface area contributed by atoms with Gasteiger partial charge in [-0.25, -0.2) is 4.79 Å². The van der Waals surface area contributed by atoms with Gasteiger partial charge in [0.05, 0.1) is 11.8 Å². The lowest BCUT2D eigenvalue weighted by atomic mass is 9.92. The van der Waals surface area contributed by atoms with Crippen molar-refractivity contribution < 1.29 is 14.1 Å². The largest absolute Gasteiger partial charge is 0.441 e. The van der Waals surface area contributed by atoms with Gasteiger partial charge in [-0.2, -0.15) is 0 Å². The van der Waals surface area contributed by atoms with Crippen LogP contribution in [-0.2, 0) is 9.26 Å². The van der Waals surface area contributed by atoms with Gasteiger partial charge in [-0.1, -0.05) is 6.07 Å². The van der Waals surface area contributed by atoms with Gasteiger partial charge < -0.3 is 9.26 Å². The quantitative estimate of drug-likeness (QED) is 0.795. The van der Waals surface area contributed by atoms with Crippen LogP contribution in [0.1, 0.15) is 37.5 Å². The van der Waals surface area contributed by atoms with Crippen LogP contribution in [0.5, 0.6) is 0 Å². The Morgan fingerprint density at radius 3 is 2.48 bits per heavy atom. The summed E-state index contributed by atoms with van der Waals surface area (Å²) < 4.78 is 11.0. The molecular formula is C16H24NO3P. The van der Waals surface area contributed by atoms with Gasteiger partial charge in [-0.15, -0.1) is 0 Å². The topological polar surface area (TPSA) is 38.8 Å². The first-order valence-electron chi connectivity index (χ1n) is 7.15. The van der Waals surface area contributed by atoms with Crippen LogP contribution in [0.2, 0.25) is 0 Å². The highest BCUT2D eigenvalue weighted by molar-refractivity contribution is 7.09. The van der Waals surface area contributed by atoms with E-state index in [9.17, 15) is 4.79 Å². The molecule has 0 spiro atoms. The van der Waals surface area contributed by atoms with Crippen molar-refractivity contribution in [2.45, 2.75) is 59.3 Å². The molecule has 0 radical (unpaired) electrons. The van der Waals surface area contributed by atoms with Gasteiger partial charge in [-0.3, -0.25) is 4.90 Å². The summed E-state index contributed by atoms with van der Waals surface area (Å²) in [6.45, 7) is 12.0. The van der Waals surface area contributed by atoms with Gasteiger partial charge in [0.15, 0.2) is 0 Å². The Hall–Kier alpha value is -1.12. The Morgan fingerprint density at radius 1 is 1.29 bits per heavy atom. The highest BCUT2D eigenvalue weighted by atomic mass is 31.0. The molecule has 1 heterocycles. The highest BCUT2D eigenvalue weighted by Crippen LogP contribution is 2.39. The van der Waals surface area contributed by atoms with Crippen LogP contribution in [0.3, 0.4) is 0 Å². The average Bonchev–Trinajstić information content (AvgIpc) is 2.65. The number of hydrogen-bond donors (Lipinski definition) is 0. The number of amides is 1. The van der Waals surface area contributed by atoms with Crippen molar-refractivity contribution in [3.05, 3.63) is 28.8 Å². The molecule has 21 heavy (non-hydrogen) atoms. The molecule has 1 aromatic carbocycles. The lowest BCUT2D eigenvalue weighted by Gasteiger charge is -2.33. The van der Waals surface area contributed by atoms with E-state index in [4.69, 9.17) is 9.26 Å². The van der Waals surface area contributed by atoms with Crippen LogP contribution in [0.15, 0.2) is 12.1 Å². The third-order valence-electron chi connectivity index (χ3n) is 4.49. The molecule has 0 bridgehead atoms. The van der Waals surface area contributed by atoms with E-state index in [0.29, 0.717) is 0 Å². The number of benzene rings is 1. The van der Waals surface area contributed by atoms with Crippen LogP contribution < -0.4 is 4.90 Å². The maximum atomic E-state index is 12.4. The summed E-state index contributed by atoms with van der Waals surface area (Å²) in [5.41, 5.74) is 3.81. The minimum atomic E-state index is -0.599. The Balaban J connectivity index is 2.55. The molecule has 1 aromatic rings. The Bertz CT molecular complexity index is 571. The molecule has 5 heteroatoms. The highest BCUT2D eigenvalue weighted by Gasteiger charge is 2.51. The minimum Gasteiger partial charge on any atom is -0.441 e. The van der Waals surface area contributed by atoms with Crippen LogP contribution in [0, 0.1) is 20.8 Å². The van der Waals surface area contributed by atoms with Crippen molar-refractivity contribution in [1.82, 2.24) is 0 Å². The van der Waals surface area contributed by atoms with Crippen LogP contribution in [0.25, 0.3) is 0 Å². The molecule has 1 fully saturated rings. The maximum absolute atomic E-state index is 12.4. The van der Waals surface area contributed by atoms with Crippen molar-refractivity contribution in [2.24, 2.45) is 0 Å². The fraction of sp³-hybridized carbons (Fsp3) is 0.562. The van der Waals surface area contributed by atoms with Gasteiger partial charge in [0, 0.05) is 9.47 Å². The summed E-state index contributed by atoms with van der Waals surface area (Å²) in [6.07, 6.45) is -0.470. The predicted octanol–water partition coefficient (Wildman–Crippen LogP) is 3.91. The monoisotopic (exact) mass is 309 g/mol. The summed E-state index contributed by atoms with van der Waals surface area (Å²) in [6, 6.07) is 3.85. The van der Waals surface area contributed by atoms with E-state index in [1.165, 1.54) is 11.1 Å². The predicted molar refractivity (Wildman–Crippen MR) is 87.7 cm³/mol. The van der Waals surface area contributed by atoms with Crippen LogP contribution >= 0.6 is 9.47 Å². The zero-order chi connectivity index (χ0) is 15.9. The van der Waals surface area contributed by atoms with Gasteiger partial charge in [0.2, 0.25) is 0 Å². The fourth-order valence-electron chi connectivity index (χ4n) is 3.06. The second-order valence-electron chi connectivity index (χ2n) is 6.28. The summed E-state index contributed by atoms with van der Waals surface area (Å²) >= 11 is 0. The number of aryl methyl sites for hydroxylation is 1. The molecule has 0 aromatic heterocycles. The zero-order valence-corrected chi connectivity index (χ0v) is 14.7. The van der Waals surface area contributed by atoms with Gasteiger partial charge >= 0.3 is 6.09 Å². The number of carbonyl (C=O) groups excluding carboxylic acids is 1. The Labute approximate surface area is 129 Å². The Kier molecular flexibility index (Phi) is 4.32. The fourth-order valence-corrected chi connectivity index (χ4v) is 3.21. The molecular weight excluding hydrogens is 285 g/mol. The van der Waals surface area contributed by atoms with E-state index >= 15 is 0 Å². The number of carbonyl (C=O) groups is 1. The van der Waals surface area contributed by atoms with Crippen LogP contribution in [-0.4, -0.2) is 23.8 Å². The number of nitrogens with zero attached hydrogens (tertiary/aromatic N) is 1. The normalized spacial score (nSPS) is 22.3. The van der Waals surface area contributed by atoms with E-state index in [1.54, 1.807) is 4.90 Å².